The third-order valence-corrected chi connectivity index (χ3v) is 4.62. The van der Waals surface area contributed by atoms with Gasteiger partial charge in [-0.3, -0.25) is 4.79 Å². The average molecular weight is 345 g/mol. The van der Waals surface area contributed by atoms with E-state index in [0.29, 0.717) is 29.3 Å². The maximum Gasteiger partial charge on any atom is 0.340 e. The van der Waals surface area contributed by atoms with E-state index in [1.165, 1.54) is 7.11 Å². The highest BCUT2D eigenvalue weighted by Crippen LogP contribution is 2.32. The lowest BCUT2D eigenvalue weighted by Gasteiger charge is -2.19. The number of rotatable bonds is 5. The lowest BCUT2D eigenvalue weighted by molar-refractivity contribution is -0.136. The highest BCUT2D eigenvalue weighted by molar-refractivity contribution is 7.98. The fraction of sp³-hybridized carbons (Fsp3) is 0.368. The van der Waals surface area contributed by atoms with Crippen LogP contribution in [0.2, 0.25) is 0 Å². The minimum atomic E-state index is -0.473. The van der Waals surface area contributed by atoms with Crippen molar-refractivity contribution in [3.05, 3.63) is 46.7 Å². The van der Waals surface area contributed by atoms with E-state index >= 15 is 0 Å². The van der Waals surface area contributed by atoms with Crippen molar-refractivity contribution in [2.24, 2.45) is 5.92 Å². The Morgan fingerprint density at radius 1 is 1.29 bits per heavy atom. The number of ether oxygens (including phenoxy) is 1. The lowest BCUT2D eigenvalue weighted by Crippen LogP contribution is -2.28. The van der Waals surface area contributed by atoms with Crippen LogP contribution in [0.3, 0.4) is 0 Å². The largest absolute Gasteiger partial charge is 0.465 e. The van der Waals surface area contributed by atoms with E-state index in [9.17, 15) is 9.59 Å². The molecule has 0 saturated heterocycles. The Balaban J connectivity index is 2.46. The lowest BCUT2D eigenvalue weighted by atomic mass is 10.0. The molecule has 5 heteroatoms. The highest BCUT2D eigenvalue weighted by atomic mass is 32.2. The molecular formula is C19H23NO3S. The monoisotopic (exact) mass is 345 g/mol. The van der Waals surface area contributed by atoms with Crippen molar-refractivity contribution >= 4 is 29.7 Å². The molecule has 0 aromatic heterocycles. The van der Waals surface area contributed by atoms with Crippen LogP contribution in [0.15, 0.2) is 46.0 Å². The van der Waals surface area contributed by atoms with Crippen LogP contribution in [0.5, 0.6) is 0 Å². The Kier molecular flexibility index (Phi) is 5.89. The SMILES string of the molecule is COC(=O)C1=C(C)N(CC(C)C)C(=O)/C1=C\c1ccc(SC)cc1. The standard InChI is InChI=1S/C19H23NO3S/c1-12(2)11-20-13(3)17(19(22)23-4)16(18(20)21)10-14-6-8-15(24-5)9-7-14/h6-10,12H,11H2,1-5H3/b16-10-. The highest BCUT2D eigenvalue weighted by Gasteiger charge is 2.37. The number of hydrogen-bond donors (Lipinski definition) is 0. The number of carbonyl (C=O) groups is 2. The molecule has 0 aliphatic carbocycles. The van der Waals surface area contributed by atoms with Gasteiger partial charge in [-0.2, -0.15) is 0 Å². The smallest absolute Gasteiger partial charge is 0.340 e. The number of allylic oxidation sites excluding steroid dienone is 1. The van der Waals surface area contributed by atoms with E-state index in [0.717, 1.165) is 10.5 Å². The fourth-order valence-electron chi connectivity index (χ4n) is 2.68. The van der Waals surface area contributed by atoms with Crippen molar-refractivity contribution in [3.63, 3.8) is 0 Å². The summed E-state index contributed by atoms with van der Waals surface area (Å²) in [6.07, 6.45) is 3.78. The summed E-state index contributed by atoms with van der Waals surface area (Å²) < 4.78 is 4.89. The van der Waals surface area contributed by atoms with Crippen LogP contribution in [0.25, 0.3) is 6.08 Å². The zero-order valence-electron chi connectivity index (χ0n) is 14.8. The molecule has 0 N–H and O–H groups in total. The molecule has 0 spiro atoms. The molecule has 1 aromatic carbocycles. The van der Waals surface area contributed by atoms with Gasteiger partial charge in [0.05, 0.1) is 18.3 Å². The number of thioether (sulfide) groups is 1. The molecule has 0 fully saturated rings. The molecule has 0 bridgehead atoms. The first-order valence-corrected chi connectivity index (χ1v) is 9.08. The van der Waals surface area contributed by atoms with Crippen LogP contribution in [0.4, 0.5) is 0 Å². The number of amides is 1. The molecule has 1 aromatic rings. The minimum absolute atomic E-state index is 0.143. The van der Waals surface area contributed by atoms with Crippen molar-refractivity contribution in [2.75, 3.05) is 19.9 Å². The summed E-state index contributed by atoms with van der Waals surface area (Å²) in [4.78, 5) is 27.8. The van der Waals surface area contributed by atoms with Gasteiger partial charge in [0.1, 0.15) is 0 Å². The average Bonchev–Trinajstić information content (AvgIpc) is 2.79. The second kappa shape index (κ2) is 7.71. The number of methoxy groups -OCH3 is 1. The van der Waals surface area contributed by atoms with E-state index in [2.05, 4.69) is 0 Å². The maximum absolute atomic E-state index is 12.8. The van der Waals surface area contributed by atoms with Crippen LogP contribution >= 0.6 is 11.8 Å². The van der Waals surface area contributed by atoms with Crippen molar-refractivity contribution in [3.8, 4) is 0 Å². The first-order valence-electron chi connectivity index (χ1n) is 7.86. The van der Waals surface area contributed by atoms with Crippen molar-refractivity contribution < 1.29 is 14.3 Å². The Morgan fingerprint density at radius 2 is 1.92 bits per heavy atom. The quantitative estimate of drug-likeness (QED) is 0.463. The Hall–Kier alpha value is -2.01. The van der Waals surface area contributed by atoms with Gasteiger partial charge in [-0.1, -0.05) is 26.0 Å². The van der Waals surface area contributed by atoms with Crippen molar-refractivity contribution in [1.82, 2.24) is 4.90 Å². The molecule has 24 heavy (non-hydrogen) atoms. The van der Waals surface area contributed by atoms with Gasteiger partial charge in [0.15, 0.2) is 0 Å². The van der Waals surface area contributed by atoms with Gasteiger partial charge in [0, 0.05) is 17.1 Å². The number of benzene rings is 1. The molecule has 1 heterocycles. The molecule has 0 unspecified atom stereocenters. The first-order chi connectivity index (χ1) is 11.4. The molecule has 1 aliphatic rings. The van der Waals surface area contributed by atoms with Crippen LogP contribution in [-0.2, 0) is 14.3 Å². The van der Waals surface area contributed by atoms with Crippen LogP contribution in [0, 0.1) is 5.92 Å². The maximum atomic E-state index is 12.8. The normalized spacial score (nSPS) is 16.5. The number of carbonyl (C=O) groups excluding carboxylic acids is 2. The van der Waals surface area contributed by atoms with Gasteiger partial charge in [-0.05, 0) is 42.9 Å². The summed E-state index contributed by atoms with van der Waals surface area (Å²) >= 11 is 1.66. The number of nitrogens with zero attached hydrogens (tertiary/aromatic N) is 1. The summed E-state index contributed by atoms with van der Waals surface area (Å²) in [5.74, 6) is -0.308. The zero-order valence-corrected chi connectivity index (χ0v) is 15.6. The minimum Gasteiger partial charge on any atom is -0.465 e. The van der Waals surface area contributed by atoms with Gasteiger partial charge in [0.2, 0.25) is 0 Å². The predicted molar refractivity (Wildman–Crippen MR) is 97.5 cm³/mol. The molecule has 4 nitrogen and oxygen atoms in total. The van der Waals surface area contributed by atoms with Crippen molar-refractivity contribution in [2.45, 2.75) is 25.7 Å². The van der Waals surface area contributed by atoms with Gasteiger partial charge >= 0.3 is 5.97 Å². The predicted octanol–water partition coefficient (Wildman–Crippen LogP) is 3.74. The molecule has 0 radical (unpaired) electrons. The number of esters is 1. The fourth-order valence-corrected chi connectivity index (χ4v) is 3.09. The first kappa shape index (κ1) is 18.3. The van der Waals surface area contributed by atoms with Gasteiger partial charge in [-0.15, -0.1) is 11.8 Å². The van der Waals surface area contributed by atoms with E-state index in [4.69, 9.17) is 4.74 Å². The summed E-state index contributed by atoms with van der Waals surface area (Å²) in [6.45, 7) is 6.46. The van der Waals surface area contributed by atoms with Crippen LogP contribution < -0.4 is 0 Å². The molecular weight excluding hydrogens is 322 g/mol. The summed E-state index contributed by atoms with van der Waals surface area (Å²) in [7, 11) is 1.34. The zero-order chi connectivity index (χ0) is 17.9. The topological polar surface area (TPSA) is 46.6 Å². The van der Waals surface area contributed by atoms with Crippen LogP contribution in [-0.4, -0.2) is 36.7 Å². The molecule has 2 rings (SSSR count). The van der Waals surface area contributed by atoms with E-state index < -0.39 is 5.97 Å². The third-order valence-electron chi connectivity index (χ3n) is 3.88. The second-order valence-electron chi connectivity index (χ2n) is 6.09. The Morgan fingerprint density at radius 3 is 2.42 bits per heavy atom. The second-order valence-corrected chi connectivity index (χ2v) is 6.97. The third kappa shape index (κ3) is 3.73. The molecule has 0 atom stereocenters. The van der Waals surface area contributed by atoms with E-state index in [-0.39, 0.29) is 5.91 Å². The molecule has 1 aliphatic heterocycles. The van der Waals surface area contributed by atoms with Gasteiger partial charge < -0.3 is 9.64 Å². The molecule has 1 amide bonds. The Bertz CT molecular complexity index is 702. The van der Waals surface area contributed by atoms with Crippen LogP contribution in [0.1, 0.15) is 26.3 Å². The number of hydrogen-bond acceptors (Lipinski definition) is 4. The summed E-state index contributed by atoms with van der Waals surface area (Å²) in [5, 5.41) is 0. The Labute approximate surface area is 147 Å². The summed E-state index contributed by atoms with van der Waals surface area (Å²) in [6, 6.07) is 7.89. The van der Waals surface area contributed by atoms with Crippen molar-refractivity contribution in [1.29, 1.82) is 0 Å². The molecule has 0 saturated carbocycles. The molecule has 128 valence electrons. The van der Waals surface area contributed by atoms with Gasteiger partial charge in [0.25, 0.3) is 5.91 Å². The van der Waals surface area contributed by atoms with E-state index in [1.807, 2.05) is 44.4 Å². The summed E-state index contributed by atoms with van der Waals surface area (Å²) in [5.41, 5.74) is 2.30. The van der Waals surface area contributed by atoms with Gasteiger partial charge in [-0.25, -0.2) is 4.79 Å². The van der Waals surface area contributed by atoms with E-state index in [1.54, 1.807) is 29.7 Å².